The Kier molecular flexibility index (Phi) is 7.13. The van der Waals surface area contributed by atoms with Crippen LogP contribution in [0.25, 0.3) is 0 Å². The van der Waals surface area contributed by atoms with Crippen molar-refractivity contribution in [1.82, 2.24) is 9.62 Å². The number of benzene rings is 2. The Labute approximate surface area is 175 Å². The van der Waals surface area contributed by atoms with Gasteiger partial charge in [0.1, 0.15) is 12.4 Å². The van der Waals surface area contributed by atoms with Crippen LogP contribution in [0.2, 0.25) is 5.02 Å². The summed E-state index contributed by atoms with van der Waals surface area (Å²) in [5, 5.41) is 2.89. The summed E-state index contributed by atoms with van der Waals surface area (Å²) < 4.78 is 37.7. The zero-order chi connectivity index (χ0) is 20.9. The van der Waals surface area contributed by atoms with E-state index in [0.717, 1.165) is 11.3 Å². The average molecular weight is 439 g/mol. The maximum absolute atomic E-state index is 12.8. The Hall–Kier alpha value is -2.13. The van der Waals surface area contributed by atoms with E-state index in [1.807, 2.05) is 31.2 Å². The van der Waals surface area contributed by atoms with Crippen molar-refractivity contribution in [2.24, 2.45) is 0 Å². The predicted molar refractivity (Wildman–Crippen MR) is 110 cm³/mol. The minimum absolute atomic E-state index is 0.0324. The SMILES string of the molecule is Cc1cccc(OCCNC(=O)c2cc(S(=O)(=O)N3CCOCC3)ccc2Cl)c1. The molecule has 29 heavy (non-hydrogen) atoms. The molecule has 3 rings (SSSR count). The first kappa shape index (κ1) is 21.6. The second-order valence-electron chi connectivity index (χ2n) is 6.58. The molecule has 0 aromatic heterocycles. The maximum Gasteiger partial charge on any atom is 0.252 e. The normalized spacial score (nSPS) is 15.1. The number of carbonyl (C=O) groups excluding carboxylic acids is 1. The molecule has 1 N–H and O–H groups in total. The molecule has 0 radical (unpaired) electrons. The average Bonchev–Trinajstić information content (AvgIpc) is 2.72. The van der Waals surface area contributed by atoms with Crippen LogP contribution in [-0.2, 0) is 14.8 Å². The van der Waals surface area contributed by atoms with Crippen LogP contribution in [0.5, 0.6) is 5.75 Å². The molecule has 0 atom stereocenters. The standard InChI is InChI=1S/C20H23ClN2O5S/c1-15-3-2-4-16(13-15)28-10-7-22-20(24)18-14-17(5-6-19(18)21)29(25,26)23-8-11-27-12-9-23/h2-6,13-14H,7-12H2,1H3,(H,22,24). The number of nitrogens with one attached hydrogen (secondary N) is 1. The van der Waals surface area contributed by atoms with Gasteiger partial charge in [-0.3, -0.25) is 4.79 Å². The topological polar surface area (TPSA) is 84.9 Å². The molecule has 1 aliphatic rings. The molecule has 156 valence electrons. The third-order valence-electron chi connectivity index (χ3n) is 4.44. The number of halogens is 1. The first-order valence-electron chi connectivity index (χ1n) is 9.23. The lowest BCUT2D eigenvalue weighted by Crippen LogP contribution is -2.40. The lowest BCUT2D eigenvalue weighted by atomic mass is 10.2. The number of hydrogen-bond donors (Lipinski definition) is 1. The highest BCUT2D eigenvalue weighted by molar-refractivity contribution is 7.89. The minimum Gasteiger partial charge on any atom is -0.492 e. The van der Waals surface area contributed by atoms with Crippen molar-refractivity contribution < 1.29 is 22.7 Å². The molecule has 1 fully saturated rings. The van der Waals surface area contributed by atoms with Crippen LogP contribution < -0.4 is 10.1 Å². The minimum atomic E-state index is -3.71. The monoisotopic (exact) mass is 438 g/mol. The Morgan fingerprint density at radius 2 is 1.97 bits per heavy atom. The molecule has 0 spiro atoms. The molecule has 1 amide bonds. The molecule has 2 aromatic rings. The molecule has 9 heteroatoms. The summed E-state index contributed by atoms with van der Waals surface area (Å²) in [6, 6.07) is 11.7. The van der Waals surface area contributed by atoms with Gasteiger partial charge in [-0.15, -0.1) is 0 Å². The molecule has 1 heterocycles. The van der Waals surface area contributed by atoms with E-state index in [2.05, 4.69) is 5.32 Å². The largest absolute Gasteiger partial charge is 0.492 e. The van der Waals surface area contributed by atoms with Gasteiger partial charge in [0.15, 0.2) is 0 Å². The van der Waals surface area contributed by atoms with Gasteiger partial charge in [0, 0.05) is 13.1 Å². The van der Waals surface area contributed by atoms with Gasteiger partial charge in [0.2, 0.25) is 10.0 Å². The number of rotatable bonds is 7. The van der Waals surface area contributed by atoms with E-state index in [1.165, 1.54) is 22.5 Å². The highest BCUT2D eigenvalue weighted by atomic mass is 35.5. The predicted octanol–water partition coefficient (Wildman–Crippen LogP) is 2.48. The van der Waals surface area contributed by atoms with Crippen molar-refractivity contribution in [1.29, 1.82) is 0 Å². The summed E-state index contributed by atoms with van der Waals surface area (Å²) in [5.74, 6) is 0.262. The van der Waals surface area contributed by atoms with Crippen molar-refractivity contribution >= 4 is 27.5 Å². The van der Waals surface area contributed by atoms with E-state index < -0.39 is 15.9 Å². The highest BCUT2D eigenvalue weighted by Gasteiger charge is 2.27. The van der Waals surface area contributed by atoms with Crippen molar-refractivity contribution in [2.45, 2.75) is 11.8 Å². The first-order chi connectivity index (χ1) is 13.9. The number of sulfonamides is 1. The van der Waals surface area contributed by atoms with Crippen LogP contribution in [0.1, 0.15) is 15.9 Å². The van der Waals surface area contributed by atoms with Crippen molar-refractivity contribution in [3.8, 4) is 5.75 Å². The lowest BCUT2D eigenvalue weighted by molar-refractivity contribution is 0.0730. The van der Waals surface area contributed by atoms with E-state index >= 15 is 0 Å². The van der Waals surface area contributed by atoms with Gasteiger partial charge in [-0.1, -0.05) is 23.7 Å². The summed E-state index contributed by atoms with van der Waals surface area (Å²) in [6.07, 6.45) is 0. The van der Waals surface area contributed by atoms with Gasteiger partial charge in [0.25, 0.3) is 5.91 Å². The van der Waals surface area contributed by atoms with E-state index in [0.29, 0.717) is 13.2 Å². The van der Waals surface area contributed by atoms with Crippen LogP contribution >= 0.6 is 11.6 Å². The van der Waals surface area contributed by atoms with Crippen LogP contribution in [0, 0.1) is 6.92 Å². The molecular formula is C20H23ClN2O5S. The van der Waals surface area contributed by atoms with Crippen molar-refractivity contribution in [2.75, 3.05) is 39.5 Å². The molecular weight excluding hydrogens is 416 g/mol. The zero-order valence-electron chi connectivity index (χ0n) is 16.1. The molecule has 0 saturated carbocycles. The Bertz CT molecular complexity index is 975. The fourth-order valence-electron chi connectivity index (χ4n) is 2.91. The van der Waals surface area contributed by atoms with Crippen molar-refractivity contribution in [3.05, 3.63) is 58.6 Å². The van der Waals surface area contributed by atoms with Crippen LogP contribution in [0.4, 0.5) is 0 Å². The van der Waals surface area contributed by atoms with E-state index in [1.54, 1.807) is 0 Å². The number of ether oxygens (including phenoxy) is 2. The van der Waals surface area contributed by atoms with Crippen LogP contribution in [-0.4, -0.2) is 58.1 Å². The molecule has 0 aliphatic carbocycles. The maximum atomic E-state index is 12.8. The molecule has 7 nitrogen and oxygen atoms in total. The first-order valence-corrected chi connectivity index (χ1v) is 11.0. The fraction of sp³-hybridized carbons (Fsp3) is 0.350. The van der Waals surface area contributed by atoms with Crippen LogP contribution in [0.15, 0.2) is 47.4 Å². The van der Waals surface area contributed by atoms with Crippen LogP contribution in [0.3, 0.4) is 0 Å². The van der Waals surface area contributed by atoms with Gasteiger partial charge < -0.3 is 14.8 Å². The number of hydrogen-bond acceptors (Lipinski definition) is 5. The number of nitrogens with zero attached hydrogens (tertiary/aromatic N) is 1. The zero-order valence-corrected chi connectivity index (χ0v) is 17.6. The Balaban J connectivity index is 1.63. The summed E-state index contributed by atoms with van der Waals surface area (Å²) in [5.41, 5.74) is 1.19. The van der Waals surface area contributed by atoms with Gasteiger partial charge in [-0.25, -0.2) is 8.42 Å². The van der Waals surface area contributed by atoms with Gasteiger partial charge in [-0.2, -0.15) is 4.31 Å². The van der Waals surface area contributed by atoms with E-state index in [-0.39, 0.29) is 41.7 Å². The molecule has 1 aliphatic heterocycles. The van der Waals surface area contributed by atoms with Gasteiger partial charge in [-0.05, 0) is 42.8 Å². The van der Waals surface area contributed by atoms with E-state index in [9.17, 15) is 13.2 Å². The summed E-state index contributed by atoms with van der Waals surface area (Å²) in [7, 11) is -3.71. The third-order valence-corrected chi connectivity index (χ3v) is 6.66. The smallest absolute Gasteiger partial charge is 0.252 e. The molecule has 2 aromatic carbocycles. The number of amides is 1. The second-order valence-corrected chi connectivity index (χ2v) is 8.92. The van der Waals surface area contributed by atoms with E-state index in [4.69, 9.17) is 21.1 Å². The van der Waals surface area contributed by atoms with Gasteiger partial charge >= 0.3 is 0 Å². The Morgan fingerprint density at radius 3 is 2.69 bits per heavy atom. The number of morpholine rings is 1. The quantitative estimate of drug-likeness (QED) is 0.671. The highest BCUT2D eigenvalue weighted by Crippen LogP contribution is 2.23. The summed E-state index contributed by atoms with van der Waals surface area (Å²) in [4.78, 5) is 12.5. The second kappa shape index (κ2) is 9.58. The number of carbonyl (C=O) groups is 1. The molecule has 1 saturated heterocycles. The molecule has 0 bridgehead atoms. The van der Waals surface area contributed by atoms with Crippen molar-refractivity contribution in [3.63, 3.8) is 0 Å². The lowest BCUT2D eigenvalue weighted by Gasteiger charge is -2.26. The third kappa shape index (κ3) is 5.48. The summed E-state index contributed by atoms with van der Waals surface area (Å²) in [6.45, 7) is 3.75. The molecule has 0 unspecified atom stereocenters. The fourth-order valence-corrected chi connectivity index (χ4v) is 4.55. The Morgan fingerprint density at radius 1 is 1.21 bits per heavy atom. The summed E-state index contributed by atoms with van der Waals surface area (Å²) >= 11 is 6.13. The van der Waals surface area contributed by atoms with Gasteiger partial charge in [0.05, 0.1) is 35.2 Å². The number of aryl methyl sites for hydroxylation is 1.